The van der Waals surface area contributed by atoms with Gasteiger partial charge in [-0.1, -0.05) is 6.07 Å². The van der Waals surface area contributed by atoms with E-state index in [9.17, 15) is 13.2 Å². The van der Waals surface area contributed by atoms with Gasteiger partial charge in [0, 0.05) is 17.2 Å². The average molecular weight is 239 g/mol. The van der Waals surface area contributed by atoms with Gasteiger partial charge in [-0.05, 0) is 18.2 Å². The molecule has 2 rings (SSSR count). The third kappa shape index (κ3) is 1.79. The van der Waals surface area contributed by atoms with Crippen LogP contribution in [0.1, 0.15) is 10.5 Å². The molecule has 84 valence electrons. The molecule has 0 unspecified atom stereocenters. The molecular weight excluding hydrogens is 230 g/mol. The van der Waals surface area contributed by atoms with Crippen molar-refractivity contribution in [2.45, 2.75) is 4.90 Å². The molecule has 1 aromatic heterocycles. The van der Waals surface area contributed by atoms with E-state index in [0.29, 0.717) is 10.9 Å². The highest BCUT2D eigenvalue weighted by Gasteiger charge is 2.11. The molecule has 0 amide bonds. The number of rotatable bonds is 2. The van der Waals surface area contributed by atoms with Gasteiger partial charge in [0.1, 0.15) is 5.69 Å². The van der Waals surface area contributed by atoms with E-state index in [1.165, 1.54) is 18.2 Å². The lowest BCUT2D eigenvalue weighted by molar-refractivity contribution is 0.0691. The molecule has 2 aromatic rings. The quantitative estimate of drug-likeness (QED) is 0.826. The van der Waals surface area contributed by atoms with Crippen LogP contribution in [0.5, 0.6) is 0 Å². The average Bonchev–Trinajstić information content (AvgIpc) is 2.58. The second-order valence-corrected chi connectivity index (χ2v) is 5.53. The highest BCUT2D eigenvalue weighted by molar-refractivity contribution is 7.90. The maximum absolute atomic E-state index is 11.3. The fourth-order valence-corrected chi connectivity index (χ4v) is 2.10. The van der Waals surface area contributed by atoms with Gasteiger partial charge in [0.15, 0.2) is 9.84 Å². The number of H-pyrrole nitrogens is 1. The number of hydrogen-bond acceptors (Lipinski definition) is 3. The minimum Gasteiger partial charge on any atom is -0.477 e. The molecule has 0 aliphatic heterocycles. The van der Waals surface area contributed by atoms with E-state index >= 15 is 0 Å². The van der Waals surface area contributed by atoms with Gasteiger partial charge >= 0.3 is 5.97 Å². The lowest BCUT2D eigenvalue weighted by Crippen LogP contribution is -1.96. The molecule has 5 nitrogen and oxygen atoms in total. The number of carbonyl (C=O) groups is 1. The van der Waals surface area contributed by atoms with E-state index in [0.717, 1.165) is 6.26 Å². The van der Waals surface area contributed by atoms with E-state index in [2.05, 4.69) is 4.98 Å². The number of hydrogen-bond donors (Lipinski definition) is 2. The normalized spacial score (nSPS) is 11.8. The molecule has 0 aliphatic rings. The molecule has 0 saturated carbocycles. The SMILES string of the molecule is CS(=O)(=O)c1ccc2cc(C(=O)O)[nH]c2c1. The predicted molar refractivity (Wildman–Crippen MR) is 58.4 cm³/mol. The van der Waals surface area contributed by atoms with Gasteiger partial charge in [-0.25, -0.2) is 13.2 Å². The van der Waals surface area contributed by atoms with Crippen LogP contribution in [0, 0.1) is 0 Å². The van der Waals surface area contributed by atoms with E-state index in [1.54, 1.807) is 6.07 Å². The summed E-state index contributed by atoms with van der Waals surface area (Å²) in [6.07, 6.45) is 1.11. The molecule has 0 fully saturated rings. The van der Waals surface area contributed by atoms with E-state index in [1.807, 2.05) is 0 Å². The van der Waals surface area contributed by atoms with Crippen molar-refractivity contribution in [3.63, 3.8) is 0 Å². The molecule has 0 bridgehead atoms. The van der Waals surface area contributed by atoms with Crippen molar-refractivity contribution >= 4 is 26.7 Å². The predicted octanol–water partition coefficient (Wildman–Crippen LogP) is 1.27. The molecule has 1 aromatic carbocycles. The molecule has 0 aliphatic carbocycles. The largest absolute Gasteiger partial charge is 0.477 e. The molecule has 6 heteroatoms. The summed E-state index contributed by atoms with van der Waals surface area (Å²) in [5.74, 6) is -1.07. The van der Waals surface area contributed by atoms with E-state index < -0.39 is 15.8 Å². The van der Waals surface area contributed by atoms with E-state index in [4.69, 9.17) is 5.11 Å². The van der Waals surface area contributed by atoms with Crippen molar-refractivity contribution in [3.05, 3.63) is 30.0 Å². The molecule has 0 spiro atoms. The number of nitrogens with one attached hydrogen (secondary N) is 1. The van der Waals surface area contributed by atoms with Crippen LogP contribution in [-0.4, -0.2) is 30.7 Å². The van der Waals surface area contributed by atoms with Crippen molar-refractivity contribution in [3.8, 4) is 0 Å². The van der Waals surface area contributed by atoms with Gasteiger partial charge in [0.2, 0.25) is 0 Å². The van der Waals surface area contributed by atoms with Gasteiger partial charge < -0.3 is 10.1 Å². The number of carboxylic acids is 1. The van der Waals surface area contributed by atoms with Crippen LogP contribution in [0.15, 0.2) is 29.2 Å². The zero-order chi connectivity index (χ0) is 11.9. The summed E-state index contributed by atoms with van der Waals surface area (Å²) in [6, 6.07) is 5.92. The first kappa shape index (κ1) is 10.7. The molecule has 0 saturated heterocycles. The number of benzene rings is 1. The molecule has 0 radical (unpaired) electrons. The summed E-state index contributed by atoms with van der Waals surface area (Å²) < 4.78 is 22.6. The molecule has 16 heavy (non-hydrogen) atoms. The fourth-order valence-electron chi connectivity index (χ4n) is 1.45. The lowest BCUT2D eigenvalue weighted by atomic mass is 10.2. The monoisotopic (exact) mass is 239 g/mol. The summed E-state index contributed by atoms with van der Waals surface area (Å²) in [4.78, 5) is 13.5. The summed E-state index contributed by atoms with van der Waals surface area (Å²) in [5.41, 5.74) is 0.543. The summed E-state index contributed by atoms with van der Waals surface area (Å²) in [6.45, 7) is 0. The van der Waals surface area contributed by atoms with Crippen LogP contribution >= 0.6 is 0 Å². The van der Waals surface area contributed by atoms with Gasteiger partial charge in [-0.15, -0.1) is 0 Å². The zero-order valence-electron chi connectivity index (χ0n) is 8.39. The first-order chi connectivity index (χ1) is 7.38. The summed E-state index contributed by atoms with van der Waals surface area (Å²) >= 11 is 0. The highest BCUT2D eigenvalue weighted by atomic mass is 32.2. The van der Waals surface area contributed by atoms with Crippen molar-refractivity contribution in [2.75, 3.05) is 6.26 Å². The van der Waals surface area contributed by atoms with Crippen LogP contribution in [0.4, 0.5) is 0 Å². The minimum atomic E-state index is -3.27. The number of fused-ring (bicyclic) bond motifs is 1. The Morgan fingerprint density at radius 3 is 2.56 bits per heavy atom. The van der Waals surface area contributed by atoms with Crippen molar-refractivity contribution in [1.29, 1.82) is 0 Å². The summed E-state index contributed by atoms with van der Waals surface area (Å²) in [7, 11) is -3.27. The maximum Gasteiger partial charge on any atom is 0.352 e. The van der Waals surface area contributed by atoms with Gasteiger partial charge in [0.25, 0.3) is 0 Å². The Labute approximate surface area is 91.6 Å². The number of aromatic carboxylic acids is 1. The molecule has 1 heterocycles. The van der Waals surface area contributed by atoms with E-state index in [-0.39, 0.29) is 10.6 Å². The van der Waals surface area contributed by atoms with Crippen molar-refractivity contribution in [1.82, 2.24) is 4.98 Å². The fraction of sp³-hybridized carbons (Fsp3) is 0.100. The number of sulfone groups is 1. The first-order valence-electron chi connectivity index (χ1n) is 4.44. The third-order valence-electron chi connectivity index (χ3n) is 2.25. The zero-order valence-corrected chi connectivity index (χ0v) is 9.21. The Balaban J connectivity index is 2.67. The van der Waals surface area contributed by atoms with Gasteiger partial charge in [-0.2, -0.15) is 0 Å². The van der Waals surface area contributed by atoms with Crippen molar-refractivity contribution in [2.24, 2.45) is 0 Å². The van der Waals surface area contributed by atoms with Crippen LogP contribution in [0.3, 0.4) is 0 Å². The van der Waals surface area contributed by atoms with Gasteiger partial charge in [-0.3, -0.25) is 0 Å². The summed E-state index contributed by atoms with van der Waals surface area (Å²) in [5, 5.41) is 9.44. The van der Waals surface area contributed by atoms with Crippen LogP contribution in [0.2, 0.25) is 0 Å². The Morgan fingerprint density at radius 1 is 1.31 bits per heavy atom. The van der Waals surface area contributed by atoms with Gasteiger partial charge in [0.05, 0.1) is 4.90 Å². The van der Waals surface area contributed by atoms with Crippen LogP contribution < -0.4 is 0 Å². The Kier molecular flexibility index (Phi) is 2.23. The third-order valence-corrected chi connectivity index (χ3v) is 3.36. The highest BCUT2D eigenvalue weighted by Crippen LogP contribution is 2.19. The number of aromatic amines is 1. The molecule has 2 N–H and O–H groups in total. The second-order valence-electron chi connectivity index (χ2n) is 3.51. The van der Waals surface area contributed by atoms with Crippen LogP contribution in [-0.2, 0) is 9.84 Å². The Morgan fingerprint density at radius 2 is 2.00 bits per heavy atom. The Hall–Kier alpha value is -1.82. The maximum atomic E-state index is 11.3. The van der Waals surface area contributed by atoms with Crippen LogP contribution in [0.25, 0.3) is 10.9 Å². The standard InChI is InChI=1S/C10H9NO4S/c1-16(14,15)7-3-2-6-4-9(10(12)13)11-8(6)5-7/h2-5,11H,1H3,(H,12,13). The number of carboxylic acid groups (broad SMARTS) is 1. The minimum absolute atomic E-state index is 0.0423. The smallest absolute Gasteiger partial charge is 0.352 e. The lowest BCUT2D eigenvalue weighted by Gasteiger charge is -1.97. The van der Waals surface area contributed by atoms with Crippen molar-refractivity contribution < 1.29 is 18.3 Å². The number of aromatic nitrogens is 1. The second kappa shape index (κ2) is 3.34. The first-order valence-corrected chi connectivity index (χ1v) is 6.33. The molecular formula is C10H9NO4S. The topological polar surface area (TPSA) is 87.2 Å². The molecule has 0 atom stereocenters. The Bertz CT molecular complexity index is 669.